The third kappa shape index (κ3) is 3.41. The number of Topliss-reactive ketones (excluding diaryl/α,β-unsaturated/α-hetero) is 1. The molecule has 26 heavy (non-hydrogen) atoms. The van der Waals surface area contributed by atoms with Crippen LogP contribution in [0.25, 0.3) is 0 Å². The quantitative estimate of drug-likeness (QED) is 0.676. The van der Waals surface area contributed by atoms with Crippen LogP contribution in [0.4, 0.5) is 0 Å². The zero-order valence-corrected chi connectivity index (χ0v) is 18.2. The maximum absolute atomic E-state index is 13.1. The van der Waals surface area contributed by atoms with Crippen molar-refractivity contribution in [2.45, 2.75) is 53.4 Å². The van der Waals surface area contributed by atoms with Crippen molar-refractivity contribution in [3.05, 3.63) is 42.8 Å². The number of allylic oxidation sites excluding steroid dienone is 3. The highest BCUT2D eigenvalue weighted by molar-refractivity contribution is 9.10. The number of hydrogen-bond acceptors (Lipinski definition) is 5. The van der Waals surface area contributed by atoms with Crippen LogP contribution in [0.15, 0.2) is 33.1 Å². The van der Waals surface area contributed by atoms with E-state index in [1.165, 1.54) is 0 Å². The predicted octanol–water partition coefficient (Wildman–Crippen LogP) is 4.99. The third-order valence-electron chi connectivity index (χ3n) is 4.90. The van der Waals surface area contributed by atoms with Gasteiger partial charge in [0.2, 0.25) is 0 Å². The van der Waals surface area contributed by atoms with Gasteiger partial charge in [-0.15, -0.1) is 11.3 Å². The number of esters is 1. The number of nitrogens with one attached hydrogen (secondary N) is 1. The van der Waals surface area contributed by atoms with Gasteiger partial charge in [0.05, 0.1) is 18.1 Å². The molecule has 6 heteroatoms. The highest BCUT2D eigenvalue weighted by Gasteiger charge is 2.43. The van der Waals surface area contributed by atoms with E-state index < -0.39 is 0 Å². The van der Waals surface area contributed by atoms with E-state index in [0.29, 0.717) is 18.6 Å². The van der Waals surface area contributed by atoms with Gasteiger partial charge in [-0.1, -0.05) is 13.8 Å². The number of halogens is 1. The first-order chi connectivity index (χ1) is 12.1. The molecule has 2 heterocycles. The number of hydrogen-bond donors (Lipinski definition) is 1. The van der Waals surface area contributed by atoms with Crippen LogP contribution in [0.2, 0.25) is 0 Å². The second-order valence-electron chi connectivity index (χ2n) is 7.70. The number of ketones is 1. The van der Waals surface area contributed by atoms with Crippen LogP contribution in [-0.4, -0.2) is 18.4 Å². The number of rotatable bonds is 3. The molecule has 2 aliphatic rings. The van der Waals surface area contributed by atoms with E-state index >= 15 is 0 Å². The van der Waals surface area contributed by atoms with Crippen molar-refractivity contribution in [3.8, 4) is 0 Å². The van der Waals surface area contributed by atoms with Gasteiger partial charge < -0.3 is 10.1 Å². The molecular weight excluding hydrogens is 414 g/mol. The van der Waals surface area contributed by atoms with Crippen LogP contribution in [-0.2, 0) is 14.3 Å². The van der Waals surface area contributed by atoms with Crippen LogP contribution < -0.4 is 5.32 Å². The Morgan fingerprint density at radius 3 is 2.65 bits per heavy atom. The molecule has 1 aliphatic heterocycles. The Morgan fingerprint density at radius 2 is 2.08 bits per heavy atom. The van der Waals surface area contributed by atoms with Crippen molar-refractivity contribution in [2.75, 3.05) is 6.61 Å². The Morgan fingerprint density at radius 1 is 1.38 bits per heavy atom. The van der Waals surface area contributed by atoms with E-state index in [9.17, 15) is 9.59 Å². The largest absolute Gasteiger partial charge is 0.463 e. The molecule has 3 rings (SSSR count). The molecular formula is C20H24BrNO3S. The van der Waals surface area contributed by atoms with Crippen molar-refractivity contribution >= 4 is 39.0 Å². The molecule has 0 spiro atoms. The number of ether oxygens (including phenoxy) is 1. The molecule has 1 N–H and O–H groups in total. The molecule has 0 bridgehead atoms. The maximum atomic E-state index is 13.1. The van der Waals surface area contributed by atoms with Crippen molar-refractivity contribution < 1.29 is 14.3 Å². The highest BCUT2D eigenvalue weighted by atomic mass is 79.9. The molecule has 1 unspecified atom stereocenters. The molecule has 0 aromatic carbocycles. The lowest BCUT2D eigenvalue weighted by atomic mass is 9.70. The van der Waals surface area contributed by atoms with Gasteiger partial charge >= 0.3 is 5.97 Å². The summed E-state index contributed by atoms with van der Waals surface area (Å²) >= 11 is 5.19. The van der Waals surface area contributed by atoms with Crippen molar-refractivity contribution in [3.63, 3.8) is 0 Å². The Bertz CT molecular complexity index is 828. The lowest BCUT2D eigenvalue weighted by Crippen LogP contribution is -2.38. The topological polar surface area (TPSA) is 55.4 Å². The van der Waals surface area contributed by atoms with Gasteiger partial charge in [0.15, 0.2) is 5.78 Å². The van der Waals surface area contributed by atoms with Crippen molar-refractivity contribution in [1.82, 2.24) is 5.32 Å². The predicted molar refractivity (Wildman–Crippen MR) is 107 cm³/mol. The van der Waals surface area contributed by atoms with Gasteiger partial charge in [-0.05, 0) is 54.6 Å². The molecule has 0 saturated carbocycles. The van der Waals surface area contributed by atoms with E-state index in [1.807, 2.05) is 19.9 Å². The van der Waals surface area contributed by atoms with Crippen LogP contribution in [0.1, 0.15) is 56.2 Å². The highest BCUT2D eigenvalue weighted by Crippen LogP contribution is 2.48. The Balaban J connectivity index is 2.18. The normalized spacial score (nSPS) is 22.2. The van der Waals surface area contributed by atoms with Gasteiger partial charge in [-0.25, -0.2) is 4.79 Å². The minimum absolute atomic E-state index is 0.0822. The van der Waals surface area contributed by atoms with E-state index in [4.69, 9.17) is 4.74 Å². The number of carbonyl (C=O) groups excluding carboxylic acids is 2. The first kappa shape index (κ1) is 19.4. The SMILES string of the molecule is CCOC(=O)C1=C(C)NC2=C(C(=O)CC(C)(C)C2)C1c1cc(Br)c(C)s1. The second kappa shape index (κ2) is 6.97. The fourth-order valence-corrected chi connectivity index (χ4v) is 5.51. The number of dihydropyridines is 1. The van der Waals surface area contributed by atoms with E-state index in [1.54, 1.807) is 18.3 Å². The molecule has 1 aromatic rings. The first-order valence-corrected chi connectivity index (χ1v) is 10.4. The summed E-state index contributed by atoms with van der Waals surface area (Å²) < 4.78 is 6.32. The summed E-state index contributed by atoms with van der Waals surface area (Å²) in [5, 5.41) is 3.35. The zero-order chi connectivity index (χ0) is 19.2. The average molecular weight is 438 g/mol. The first-order valence-electron chi connectivity index (χ1n) is 8.81. The number of carbonyl (C=O) groups is 2. The number of thiophene rings is 1. The summed E-state index contributed by atoms with van der Waals surface area (Å²) in [5.74, 6) is -0.594. The number of aryl methyl sites for hydroxylation is 1. The van der Waals surface area contributed by atoms with Crippen LogP contribution in [0, 0.1) is 12.3 Å². The van der Waals surface area contributed by atoms with Crippen molar-refractivity contribution in [2.24, 2.45) is 5.41 Å². The Kier molecular flexibility index (Phi) is 5.19. The van der Waals surface area contributed by atoms with Crippen LogP contribution >= 0.6 is 27.3 Å². The van der Waals surface area contributed by atoms with Gasteiger partial charge in [0.25, 0.3) is 0 Å². The smallest absolute Gasteiger partial charge is 0.336 e. The average Bonchev–Trinajstić information content (AvgIpc) is 2.83. The minimum Gasteiger partial charge on any atom is -0.463 e. The van der Waals surface area contributed by atoms with Crippen LogP contribution in [0.5, 0.6) is 0 Å². The summed E-state index contributed by atoms with van der Waals surface area (Å²) in [6, 6.07) is 2.03. The molecule has 1 atom stereocenters. The summed E-state index contributed by atoms with van der Waals surface area (Å²) in [7, 11) is 0. The third-order valence-corrected chi connectivity index (χ3v) is 7.10. The fraction of sp³-hybridized carbons (Fsp3) is 0.500. The Labute approximate surface area is 166 Å². The monoisotopic (exact) mass is 437 g/mol. The van der Waals surface area contributed by atoms with Crippen molar-refractivity contribution in [1.29, 1.82) is 0 Å². The molecule has 4 nitrogen and oxygen atoms in total. The van der Waals surface area contributed by atoms with E-state index in [2.05, 4.69) is 35.1 Å². The molecule has 1 aliphatic carbocycles. The molecule has 140 valence electrons. The minimum atomic E-state index is -0.358. The summed E-state index contributed by atoms with van der Waals surface area (Å²) in [5.41, 5.74) is 2.92. The van der Waals surface area contributed by atoms with E-state index in [0.717, 1.165) is 37.6 Å². The lowest BCUT2D eigenvalue weighted by Gasteiger charge is -2.39. The molecule has 0 saturated heterocycles. The summed E-state index contributed by atoms with van der Waals surface area (Å²) in [4.78, 5) is 27.9. The second-order valence-corrected chi connectivity index (χ2v) is 9.85. The van der Waals surface area contributed by atoms with Gasteiger partial charge in [0, 0.05) is 37.6 Å². The van der Waals surface area contributed by atoms with E-state index in [-0.39, 0.29) is 23.1 Å². The molecule has 0 radical (unpaired) electrons. The Hall–Kier alpha value is -1.40. The van der Waals surface area contributed by atoms with Gasteiger partial charge in [-0.3, -0.25) is 4.79 Å². The molecule has 1 aromatic heterocycles. The zero-order valence-electron chi connectivity index (χ0n) is 15.8. The fourth-order valence-electron chi connectivity index (χ4n) is 3.82. The summed E-state index contributed by atoms with van der Waals surface area (Å²) in [6.07, 6.45) is 1.29. The standard InChI is InChI=1S/C20H24BrNO3S/c1-6-25-19(24)16-10(2)22-13-8-20(4,5)9-14(23)17(13)18(16)15-7-12(21)11(3)26-15/h7,18,22H,6,8-9H2,1-5H3. The van der Waals surface area contributed by atoms with Gasteiger partial charge in [-0.2, -0.15) is 0 Å². The molecule has 0 fully saturated rings. The van der Waals surface area contributed by atoms with Gasteiger partial charge in [0.1, 0.15) is 0 Å². The molecule has 0 amide bonds. The lowest BCUT2D eigenvalue weighted by molar-refractivity contribution is -0.138. The van der Waals surface area contributed by atoms with Crippen LogP contribution in [0.3, 0.4) is 0 Å². The summed E-state index contributed by atoms with van der Waals surface area (Å²) in [6.45, 7) is 10.2. The maximum Gasteiger partial charge on any atom is 0.336 e.